The van der Waals surface area contributed by atoms with E-state index in [1.165, 1.54) is 31.4 Å². The van der Waals surface area contributed by atoms with Gasteiger partial charge in [-0.3, -0.25) is 0 Å². The van der Waals surface area contributed by atoms with E-state index in [2.05, 4.69) is 20.8 Å². The van der Waals surface area contributed by atoms with Crippen LogP contribution in [0.2, 0.25) is 0 Å². The average molecular weight is 423 g/mol. The van der Waals surface area contributed by atoms with Gasteiger partial charge in [0.15, 0.2) is 0 Å². The Labute approximate surface area is 180 Å². The van der Waals surface area contributed by atoms with E-state index < -0.39 is 11.9 Å². The van der Waals surface area contributed by atoms with Gasteiger partial charge in [-0.05, 0) is 24.5 Å². The van der Waals surface area contributed by atoms with Crippen LogP contribution in [0, 0.1) is 5.92 Å². The first-order valence-electron chi connectivity index (χ1n) is 11.2. The van der Waals surface area contributed by atoms with Crippen molar-refractivity contribution in [1.82, 2.24) is 0 Å². The molecule has 0 bridgehead atoms. The Morgan fingerprint density at radius 2 is 1.63 bits per heavy atom. The second kappa shape index (κ2) is 15.9. The molecule has 0 heterocycles. The Bertz CT molecular complexity index is 611. The summed E-state index contributed by atoms with van der Waals surface area (Å²) in [6, 6.07) is 6.02. The number of unbranched alkanes of at least 4 members (excludes halogenated alkanes) is 3. The minimum Gasteiger partial charge on any atom is -0.478 e. The lowest BCUT2D eigenvalue weighted by Gasteiger charge is -2.21. The number of benzene rings is 1. The zero-order chi connectivity index (χ0) is 22.2. The third-order valence-corrected chi connectivity index (χ3v) is 5.24. The number of carboxylic acids is 1. The second-order valence-electron chi connectivity index (χ2n) is 7.55. The molecule has 0 saturated carbocycles. The van der Waals surface area contributed by atoms with Gasteiger partial charge in [0.05, 0.1) is 30.4 Å². The Morgan fingerprint density at radius 1 is 0.933 bits per heavy atom. The Balaban J connectivity index is 2.40. The molecule has 1 aromatic carbocycles. The highest BCUT2D eigenvalue weighted by atomic mass is 16.6. The summed E-state index contributed by atoms with van der Waals surface area (Å²) < 4.78 is 17.0. The Hall–Kier alpha value is -1.92. The SMILES string of the molecule is CCCCCCC(COCCOC(=O)c1ccccc1C(=O)O)OCC(CC)CC. The molecule has 0 saturated heterocycles. The number of carbonyl (C=O) groups excluding carboxylic acids is 1. The predicted octanol–water partition coefficient (Wildman–Crippen LogP) is 5.35. The molecule has 0 aliphatic rings. The average Bonchev–Trinajstić information content (AvgIpc) is 2.76. The number of esters is 1. The van der Waals surface area contributed by atoms with Crippen molar-refractivity contribution in [3.63, 3.8) is 0 Å². The van der Waals surface area contributed by atoms with Gasteiger partial charge in [-0.15, -0.1) is 0 Å². The van der Waals surface area contributed by atoms with Crippen molar-refractivity contribution in [2.75, 3.05) is 26.4 Å². The van der Waals surface area contributed by atoms with Crippen molar-refractivity contribution in [2.45, 2.75) is 71.8 Å². The van der Waals surface area contributed by atoms with E-state index in [9.17, 15) is 9.59 Å². The maximum atomic E-state index is 12.1. The molecule has 0 aliphatic heterocycles. The molecule has 0 radical (unpaired) electrons. The molecule has 6 heteroatoms. The van der Waals surface area contributed by atoms with Crippen LogP contribution in [-0.4, -0.2) is 49.6 Å². The highest BCUT2D eigenvalue weighted by molar-refractivity contribution is 6.02. The zero-order valence-corrected chi connectivity index (χ0v) is 18.7. The fourth-order valence-electron chi connectivity index (χ4n) is 3.14. The Kier molecular flexibility index (Phi) is 13.8. The number of hydrogen-bond donors (Lipinski definition) is 1. The van der Waals surface area contributed by atoms with Crippen LogP contribution < -0.4 is 0 Å². The zero-order valence-electron chi connectivity index (χ0n) is 18.7. The monoisotopic (exact) mass is 422 g/mol. The number of carbonyl (C=O) groups is 2. The van der Waals surface area contributed by atoms with Gasteiger partial charge in [-0.2, -0.15) is 0 Å². The number of hydrogen-bond acceptors (Lipinski definition) is 5. The molecule has 170 valence electrons. The largest absolute Gasteiger partial charge is 0.478 e. The summed E-state index contributed by atoms with van der Waals surface area (Å²) in [5.41, 5.74) is -0.0160. The first kappa shape index (κ1) is 26.1. The van der Waals surface area contributed by atoms with Crippen LogP contribution in [0.15, 0.2) is 24.3 Å². The molecule has 6 nitrogen and oxygen atoms in total. The topological polar surface area (TPSA) is 82.1 Å². The highest BCUT2D eigenvalue weighted by Gasteiger charge is 2.17. The van der Waals surface area contributed by atoms with Gasteiger partial charge in [0.25, 0.3) is 0 Å². The van der Waals surface area contributed by atoms with Crippen molar-refractivity contribution in [3.05, 3.63) is 35.4 Å². The number of aromatic carboxylic acids is 1. The van der Waals surface area contributed by atoms with E-state index in [0.29, 0.717) is 12.5 Å². The first-order valence-corrected chi connectivity index (χ1v) is 11.2. The molecule has 1 N–H and O–H groups in total. The predicted molar refractivity (Wildman–Crippen MR) is 117 cm³/mol. The third-order valence-electron chi connectivity index (χ3n) is 5.24. The minimum atomic E-state index is -1.15. The van der Waals surface area contributed by atoms with Crippen molar-refractivity contribution in [2.24, 2.45) is 5.92 Å². The van der Waals surface area contributed by atoms with Gasteiger partial charge in [0.2, 0.25) is 0 Å². The van der Waals surface area contributed by atoms with E-state index in [1.807, 2.05) is 0 Å². The summed E-state index contributed by atoms with van der Waals surface area (Å²) in [6.45, 7) is 8.09. The summed E-state index contributed by atoms with van der Waals surface area (Å²) >= 11 is 0. The van der Waals surface area contributed by atoms with E-state index in [4.69, 9.17) is 19.3 Å². The molecule has 1 atom stereocenters. The van der Waals surface area contributed by atoms with Gasteiger partial charge in [0.1, 0.15) is 6.61 Å². The molecule has 0 aromatic heterocycles. The van der Waals surface area contributed by atoms with Gasteiger partial charge < -0.3 is 19.3 Å². The summed E-state index contributed by atoms with van der Waals surface area (Å²) in [6.07, 6.45) is 7.96. The fourth-order valence-corrected chi connectivity index (χ4v) is 3.14. The molecule has 0 fully saturated rings. The summed E-state index contributed by atoms with van der Waals surface area (Å²) in [5.74, 6) is -1.24. The normalized spacial score (nSPS) is 12.1. The lowest BCUT2D eigenvalue weighted by molar-refractivity contribution is -0.0424. The summed E-state index contributed by atoms with van der Waals surface area (Å²) in [4.78, 5) is 23.4. The van der Waals surface area contributed by atoms with Crippen LogP contribution in [0.1, 0.15) is 86.4 Å². The molecule has 1 aromatic rings. The second-order valence-corrected chi connectivity index (χ2v) is 7.55. The van der Waals surface area contributed by atoms with Crippen LogP contribution in [-0.2, 0) is 14.2 Å². The van der Waals surface area contributed by atoms with Crippen LogP contribution in [0.5, 0.6) is 0 Å². The van der Waals surface area contributed by atoms with Gasteiger partial charge in [0, 0.05) is 6.61 Å². The number of carboxylic acid groups (broad SMARTS) is 1. The molecule has 1 rings (SSSR count). The molecular formula is C24H38O6. The highest BCUT2D eigenvalue weighted by Crippen LogP contribution is 2.14. The number of rotatable bonds is 17. The minimum absolute atomic E-state index is 0.0471. The lowest BCUT2D eigenvalue weighted by Crippen LogP contribution is -2.24. The fraction of sp³-hybridized carbons (Fsp3) is 0.667. The van der Waals surface area contributed by atoms with Crippen LogP contribution in [0.25, 0.3) is 0 Å². The first-order chi connectivity index (χ1) is 14.5. The maximum Gasteiger partial charge on any atom is 0.339 e. The van der Waals surface area contributed by atoms with Crippen LogP contribution in [0.4, 0.5) is 0 Å². The number of ether oxygens (including phenoxy) is 3. The van der Waals surface area contributed by atoms with E-state index in [-0.39, 0.29) is 30.4 Å². The molecule has 30 heavy (non-hydrogen) atoms. The molecule has 1 unspecified atom stereocenters. The van der Waals surface area contributed by atoms with Gasteiger partial charge >= 0.3 is 11.9 Å². The third kappa shape index (κ3) is 10.2. The van der Waals surface area contributed by atoms with E-state index in [1.54, 1.807) is 12.1 Å². The van der Waals surface area contributed by atoms with E-state index in [0.717, 1.165) is 32.3 Å². The van der Waals surface area contributed by atoms with Gasteiger partial charge in [-0.25, -0.2) is 9.59 Å². The van der Waals surface area contributed by atoms with E-state index >= 15 is 0 Å². The van der Waals surface area contributed by atoms with Crippen molar-refractivity contribution >= 4 is 11.9 Å². The summed E-state index contributed by atoms with van der Waals surface area (Å²) in [7, 11) is 0. The van der Waals surface area contributed by atoms with Crippen molar-refractivity contribution in [1.29, 1.82) is 0 Å². The molecule has 0 aliphatic carbocycles. The van der Waals surface area contributed by atoms with Gasteiger partial charge in [-0.1, -0.05) is 71.4 Å². The smallest absolute Gasteiger partial charge is 0.339 e. The maximum absolute atomic E-state index is 12.1. The summed E-state index contributed by atoms with van der Waals surface area (Å²) in [5, 5.41) is 9.17. The molecular weight excluding hydrogens is 384 g/mol. The van der Waals surface area contributed by atoms with Crippen LogP contribution in [0.3, 0.4) is 0 Å². The lowest BCUT2D eigenvalue weighted by atomic mass is 10.0. The van der Waals surface area contributed by atoms with Crippen molar-refractivity contribution < 1.29 is 28.9 Å². The van der Waals surface area contributed by atoms with Crippen molar-refractivity contribution in [3.8, 4) is 0 Å². The van der Waals surface area contributed by atoms with Crippen LogP contribution >= 0.6 is 0 Å². The molecule has 0 spiro atoms. The quantitative estimate of drug-likeness (QED) is 0.269. The Morgan fingerprint density at radius 3 is 2.27 bits per heavy atom. The standard InChI is InChI=1S/C24H38O6/c1-4-7-8-9-12-20(30-17-19(5-2)6-3)18-28-15-16-29-24(27)22-14-11-10-13-21(22)23(25)26/h10-11,13-14,19-20H,4-9,12,15-18H2,1-3H3,(H,25,26). The molecule has 0 amide bonds.